The quantitative estimate of drug-likeness (QED) is 0.773. The summed E-state index contributed by atoms with van der Waals surface area (Å²) >= 11 is 0. The van der Waals surface area contributed by atoms with Gasteiger partial charge in [0.05, 0.1) is 11.9 Å². The summed E-state index contributed by atoms with van der Waals surface area (Å²) in [5.41, 5.74) is 1.56. The van der Waals surface area contributed by atoms with Crippen molar-refractivity contribution in [2.75, 3.05) is 0 Å². The number of hydrogen-bond donors (Lipinski definition) is 1. The monoisotopic (exact) mass is 205 g/mol. The lowest BCUT2D eigenvalue weighted by atomic mass is 10.3. The fourth-order valence-electron chi connectivity index (χ4n) is 1.13. The lowest BCUT2D eigenvalue weighted by Crippen LogP contribution is -2.14. The van der Waals surface area contributed by atoms with E-state index < -0.39 is 0 Å². The Bertz CT molecular complexity index is 453. The second-order valence-electron chi connectivity index (χ2n) is 2.79. The second-order valence-corrected chi connectivity index (χ2v) is 2.79. The number of nitrogens with one attached hydrogen (secondary N) is 1. The number of hydrogen-bond acceptors (Lipinski definition) is 2. The Morgan fingerprint density at radius 2 is 2.07 bits per heavy atom. The molecule has 0 aliphatic carbocycles. The molecule has 0 aliphatic rings. The molecule has 0 aliphatic heterocycles. The number of H-pyrrole nitrogens is 1. The molecule has 2 heterocycles. The van der Waals surface area contributed by atoms with Crippen LogP contribution in [0, 0.1) is 6.92 Å². The fraction of sp³-hybridized carbons (Fsp3) is 0.273. The molecule has 2 aromatic heterocycles. The Kier molecular flexibility index (Phi) is 3.85. The van der Waals surface area contributed by atoms with Crippen molar-refractivity contribution in [3.63, 3.8) is 0 Å². The molecule has 2 rings (SSSR count). The Morgan fingerprint density at radius 1 is 1.33 bits per heavy atom. The van der Waals surface area contributed by atoms with Crippen LogP contribution in [0.1, 0.15) is 19.5 Å². The molecule has 1 N–H and O–H groups in total. The van der Waals surface area contributed by atoms with Crippen LogP contribution >= 0.6 is 0 Å². The average molecular weight is 205 g/mol. The molecule has 0 radical (unpaired) electrons. The van der Waals surface area contributed by atoms with Crippen LogP contribution in [0.15, 0.2) is 35.5 Å². The molecular weight excluding hydrogens is 190 g/mol. The molecule has 2 aromatic rings. The van der Waals surface area contributed by atoms with Crippen molar-refractivity contribution in [2.45, 2.75) is 20.8 Å². The minimum absolute atomic E-state index is 0.148. The number of rotatable bonds is 1. The van der Waals surface area contributed by atoms with Crippen LogP contribution in [-0.4, -0.2) is 14.5 Å². The van der Waals surface area contributed by atoms with Gasteiger partial charge in [-0.25, -0.2) is 4.79 Å². The van der Waals surface area contributed by atoms with Gasteiger partial charge in [-0.3, -0.25) is 9.55 Å². The number of aromatic amines is 1. The lowest BCUT2D eigenvalue weighted by Gasteiger charge is -1.99. The maximum atomic E-state index is 11.2. The van der Waals surface area contributed by atoms with Gasteiger partial charge in [0.15, 0.2) is 0 Å². The van der Waals surface area contributed by atoms with Gasteiger partial charge in [-0.2, -0.15) is 0 Å². The van der Waals surface area contributed by atoms with Gasteiger partial charge < -0.3 is 4.98 Å². The first-order valence-electron chi connectivity index (χ1n) is 4.96. The Balaban J connectivity index is 0.000000531. The van der Waals surface area contributed by atoms with E-state index in [9.17, 15) is 4.79 Å². The first-order valence-corrected chi connectivity index (χ1v) is 4.96. The smallest absolute Gasteiger partial charge is 0.312 e. The van der Waals surface area contributed by atoms with Crippen molar-refractivity contribution in [1.82, 2.24) is 14.5 Å². The molecule has 0 bridgehead atoms. The van der Waals surface area contributed by atoms with Crippen LogP contribution in [-0.2, 0) is 0 Å². The number of pyridine rings is 1. The van der Waals surface area contributed by atoms with Gasteiger partial charge >= 0.3 is 5.69 Å². The van der Waals surface area contributed by atoms with Crippen LogP contribution in [0.3, 0.4) is 0 Å². The van der Waals surface area contributed by atoms with Gasteiger partial charge in [-0.15, -0.1) is 0 Å². The lowest BCUT2D eigenvalue weighted by molar-refractivity contribution is 0.970. The fourth-order valence-corrected chi connectivity index (χ4v) is 1.13. The van der Waals surface area contributed by atoms with Crippen molar-refractivity contribution in [2.24, 2.45) is 0 Å². The van der Waals surface area contributed by atoms with E-state index in [1.165, 1.54) is 4.57 Å². The van der Waals surface area contributed by atoms with E-state index in [-0.39, 0.29) is 5.69 Å². The highest BCUT2D eigenvalue weighted by atomic mass is 16.1. The third-order valence-corrected chi connectivity index (χ3v) is 1.82. The number of imidazole rings is 1. The number of nitrogens with zero attached hydrogens (tertiary/aromatic N) is 2. The third kappa shape index (κ3) is 2.56. The number of aryl methyl sites for hydroxylation is 1. The van der Waals surface area contributed by atoms with E-state index >= 15 is 0 Å². The summed E-state index contributed by atoms with van der Waals surface area (Å²) in [4.78, 5) is 17.8. The highest BCUT2D eigenvalue weighted by molar-refractivity contribution is 5.28. The molecule has 80 valence electrons. The molecule has 0 atom stereocenters. The first kappa shape index (κ1) is 11.2. The first-order chi connectivity index (χ1) is 7.27. The predicted molar refractivity (Wildman–Crippen MR) is 60.3 cm³/mol. The van der Waals surface area contributed by atoms with Crippen molar-refractivity contribution >= 4 is 0 Å². The van der Waals surface area contributed by atoms with Gasteiger partial charge in [-0.05, 0) is 19.1 Å². The Hall–Kier alpha value is -1.84. The summed E-state index contributed by atoms with van der Waals surface area (Å²) in [6.45, 7) is 5.91. The van der Waals surface area contributed by atoms with Crippen LogP contribution in [0.2, 0.25) is 0 Å². The van der Waals surface area contributed by atoms with Crippen LogP contribution in [0.4, 0.5) is 0 Å². The van der Waals surface area contributed by atoms with Gasteiger partial charge in [0.2, 0.25) is 0 Å². The van der Waals surface area contributed by atoms with E-state index in [4.69, 9.17) is 0 Å². The zero-order valence-corrected chi connectivity index (χ0v) is 9.19. The van der Waals surface area contributed by atoms with Crippen molar-refractivity contribution in [3.8, 4) is 5.69 Å². The van der Waals surface area contributed by atoms with E-state index in [2.05, 4.69) is 9.97 Å². The highest BCUT2D eigenvalue weighted by Crippen LogP contribution is 2.02. The topological polar surface area (TPSA) is 50.7 Å². The molecule has 0 fully saturated rings. The van der Waals surface area contributed by atoms with E-state index in [0.717, 1.165) is 11.4 Å². The maximum Gasteiger partial charge on any atom is 0.330 e. The zero-order valence-electron chi connectivity index (χ0n) is 9.19. The molecule has 4 nitrogen and oxygen atoms in total. The largest absolute Gasteiger partial charge is 0.330 e. The standard InChI is InChI=1S/C9H9N3O.C2H6/c1-7-2-3-8(6-11-7)12-5-4-10-9(12)13;1-2/h2-6H,1H3,(H,10,13);1-2H3. The molecular formula is C11H15N3O. The SMILES string of the molecule is CC.Cc1ccc(-n2cc[nH]c2=O)cn1. The van der Waals surface area contributed by atoms with Gasteiger partial charge in [0.25, 0.3) is 0 Å². The van der Waals surface area contributed by atoms with Crippen LogP contribution < -0.4 is 5.69 Å². The summed E-state index contributed by atoms with van der Waals surface area (Å²) < 4.78 is 1.51. The number of aromatic nitrogens is 3. The zero-order chi connectivity index (χ0) is 11.3. The maximum absolute atomic E-state index is 11.2. The summed E-state index contributed by atoms with van der Waals surface area (Å²) in [6, 6.07) is 3.73. The summed E-state index contributed by atoms with van der Waals surface area (Å²) in [7, 11) is 0. The molecule has 0 saturated carbocycles. The van der Waals surface area contributed by atoms with Crippen molar-refractivity contribution < 1.29 is 0 Å². The predicted octanol–water partition coefficient (Wildman–Crippen LogP) is 1.90. The van der Waals surface area contributed by atoms with Crippen molar-refractivity contribution in [3.05, 3.63) is 46.9 Å². The summed E-state index contributed by atoms with van der Waals surface area (Å²) in [5, 5.41) is 0. The summed E-state index contributed by atoms with van der Waals surface area (Å²) in [5.74, 6) is 0. The molecule has 4 heteroatoms. The van der Waals surface area contributed by atoms with Gasteiger partial charge in [0, 0.05) is 18.1 Å². The van der Waals surface area contributed by atoms with Crippen LogP contribution in [0.25, 0.3) is 5.69 Å². The molecule has 0 saturated heterocycles. The van der Waals surface area contributed by atoms with Gasteiger partial charge in [0.1, 0.15) is 0 Å². The van der Waals surface area contributed by atoms with Crippen LogP contribution in [0.5, 0.6) is 0 Å². The van der Waals surface area contributed by atoms with Gasteiger partial charge in [-0.1, -0.05) is 13.8 Å². The molecule has 0 spiro atoms. The second kappa shape index (κ2) is 5.14. The summed E-state index contributed by atoms with van der Waals surface area (Å²) in [6.07, 6.45) is 4.95. The van der Waals surface area contributed by atoms with E-state index in [1.807, 2.05) is 32.9 Å². The third-order valence-electron chi connectivity index (χ3n) is 1.82. The van der Waals surface area contributed by atoms with Crippen molar-refractivity contribution in [1.29, 1.82) is 0 Å². The Morgan fingerprint density at radius 3 is 2.53 bits per heavy atom. The molecule has 0 unspecified atom stereocenters. The molecule has 0 amide bonds. The minimum atomic E-state index is -0.148. The highest BCUT2D eigenvalue weighted by Gasteiger charge is 1.98. The molecule has 0 aromatic carbocycles. The minimum Gasteiger partial charge on any atom is -0.312 e. The average Bonchev–Trinajstić information content (AvgIpc) is 2.69. The normalized spacial score (nSPS) is 9.27. The Labute approximate surface area is 88.6 Å². The molecule has 15 heavy (non-hydrogen) atoms. The van der Waals surface area contributed by atoms with E-state index in [0.29, 0.717) is 0 Å². The van der Waals surface area contributed by atoms with E-state index in [1.54, 1.807) is 18.6 Å².